The summed E-state index contributed by atoms with van der Waals surface area (Å²) in [5.74, 6) is 1.15. The number of halogens is 1. The minimum Gasteiger partial charge on any atom is -0.497 e. The van der Waals surface area contributed by atoms with Gasteiger partial charge in [0.05, 0.1) is 7.11 Å². The summed E-state index contributed by atoms with van der Waals surface area (Å²) < 4.78 is 5.32. The molecular formula is C25H33ClN2O3S. The van der Waals surface area contributed by atoms with E-state index in [9.17, 15) is 9.59 Å². The van der Waals surface area contributed by atoms with Crippen LogP contribution >= 0.6 is 23.4 Å². The lowest BCUT2D eigenvalue weighted by molar-refractivity contribution is -0.141. The quantitative estimate of drug-likeness (QED) is 0.456. The van der Waals surface area contributed by atoms with E-state index in [4.69, 9.17) is 16.3 Å². The summed E-state index contributed by atoms with van der Waals surface area (Å²) in [6.45, 7) is 8.09. The number of methoxy groups -OCH3 is 1. The Hall–Kier alpha value is -2.18. The summed E-state index contributed by atoms with van der Waals surface area (Å²) in [7, 11) is 1.61. The highest BCUT2D eigenvalue weighted by atomic mass is 35.5. The van der Waals surface area contributed by atoms with Crippen molar-refractivity contribution in [1.29, 1.82) is 0 Å². The fourth-order valence-electron chi connectivity index (χ4n) is 3.27. The van der Waals surface area contributed by atoms with E-state index in [1.807, 2.05) is 76.2 Å². The van der Waals surface area contributed by atoms with Crippen LogP contribution < -0.4 is 10.1 Å². The maximum Gasteiger partial charge on any atom is 0.243 e. The molecule has 2 aromatic rings. The summed E-state index contributed by atoms with van der Waals surface area (Å²) in [5, 5.41) is 3.71. The maximum absolute atomic E-state index is 13.3. The average molecular weight is 477 g/mol. The van der Waals surface area contributed by atoms with E-state index in [-0.39, 0.29) is 17.4 Å². The van der Waals surface area contributed by atoms with Gasteiger partial charge in [0.1, 0.15) is 11.8 Å². The minimum absolute atomic E-state index is 0.0507. The highest BCUT2D eigenvalue weighted by Crippen LogP contribution is 2.23. The van der Waals surface area contributed by atoms with Crippen LogP contribution in [0.25, 0.3) is 0 Å². The van der Waals surface area contributed by atoms with Crippen molar-refractivity contribution in [3.63, 3.8) is 0 Å². The smallest absolute Gasteiger partial charge is 0.243 e. The van der Waals surface area contributed by atoms with Gasteiger partial charge in [-0.2, -0.15) is 0 Å². The topological polar surface area (TPSA) is 58.6 Å². The Labute approximate surface area is 200 Å². The Morgan fingerprint density at radius 1 is 1.16 bits per heavy atom. The monoisotopic (exact) mass is 476 g/mol. The summed E-state index contributed by atoms with van der Waals surface area (Å²) in [5.41, 5.74) is 0.546. The number of nitrogens with one attached hydrogen (secondary N) is 1. The van der Waals surface area contributed by atoms with Crippen molar-refractivity contribution < 1.29 is 14.3 Å². The molecule has 7 heteroatoms. The Balaban J connectivity index is 2.17. The second-order valence-electron chi connectivity index (χ2n) is 8.59. The Morgan fingerprint density at radius 2 is 1.84 bits per heavy atom. The van der Waals surface area contributed by atoms with Crippen molar-refractivity contribution in [3.8, 4) is 5.75 Å². The average Bonchev–Trinajstić information content (AvgIpc) is 2.73. The number of ether oxygens (including phenoxy) is 1. The number of amides is 2. The molecule has 0 aliphatic heterocycles. The molecule has 0 spiro atoms. The third kappa shape index (κ3) is 8.40. The van der Waals surface area contributed by atoms with Crippen LogP contribution in [0.15, 0.2) is 53.4 Å². The van der Waals surface area contributed by atoms with E-state index in [0.717, 1.165) is 16.2 Å². The van der Waals surface area contributed by atoms with E-state index >= 15 is 0 Å². The lowest BCUT2D eigenvalue weighted by Crippen LogP contribution is -2.53. The third-order valence-electron chi connectivity index (χ3n) is 4.77. The Morgan fingerprint density at radius 3 is 2.44 bits per heavy atom. The zero-order chi connectivity index (χ0) is 23.7. The predicted molar refractivity (Wildman–Crippen MR) is 132 cm³/mol. The minimum atomic E-state index is -0.548. The zero-order valence-electron chi connectivity index (χ0n) is 19.5. The molecule has 2 amide bonds. The van der Waals surface area contributed by atoms with Gasteiger partial charge in [-0.25, -0.2) is 0 Å². The second-order valence-corrected chi connectivity index (χ2v) is 10.2. The maximum atomic E-state index is 13.3. The van der Waals surface area contributed by atoms with Crippen LogP contribution in [-0.2, 0) is 16.1 Å². The lowest BCUT2D eigenvalue weighted by Gasteiger charge is -2.33. The number of rotatable bonds is 10. The molecule has 5 nitrogen and oxygen atoms in total. The molecule has 0 aliphatic carbocycles. The highest BCUT2D eigenvalue weighted by Gasteiger charge is 2.30. The number of nitrogens with zero attached hydrogens (tertiary/aromatic N) is 1. The second kappa shape index (κ2) is 12.2. The first-order valence-electron chi connectivity index (χ1n) is 10.8. The summed E-state index contributed by atoms with van der Waals surface area (Å²) in [6.07, 6.45) is 0.860. The van der Waals surface area contributed by atoms with Crippen molar-refractivity contribution >= 4 is 35.2 Å². The molecule has 2 rings (SSSR count). The predicted octanol–water partition coefficient (Wildman–Crippen LogP) is 5.55. The highest BCUT2D eigenvalue weighted by molar-refractivity contribution is 7.99. The van der Waals surface area contributed by atoms with E-state index in [1.54, 1.807) is 23.8 Å². The molecular weight excluding hydrogens is 444 g/mol. The molecule has 1 atom stereocenters. The molecule has 0 bridgehead atoms. The van der Waals surface area contributed by atoms with Gasteiger partial charge in [-0.3, -0.25) is 9.59 Å². The third-order valence-corrected chi connectivity index (χ3v) is 6.04. The van der Waals surface area contributed by atoms with Gasteiger partial charge in [0, 0.05) is 34.2 Å². The Bertz CT molecular complexity index is 897. The molecule has 0 unspecified atom stereocenters. The van der Waals surface area contributed by atoms with Gasteiger partial charge >= 0.3 is 0 Å². The van der Waals surface area contributed by atoms with Gasteiger partial charge in [0.15, 0.2) is 0 Å². The van der Waals surface area contributed by atoms with Crippen molar-refractivity contribution in [2.24, 2.45) is 0 Å². The first-order valence-corrected chi connectivity index (χ1v) is 12.1. The van der Waals surface area contributed by atoms with Crippen molar-refractivity contribution in [1.82, 2.24) is 10.2 Å². The number of hydrogen-bond donors (Lipinski definition) is 1. The number of thioether (sulfide) groups is 1. The van der Waals surface area contributed by atoms with Gasteiger partial charge in [-0.15, -0.1) is 11.8 Å². The van der Waals surface area contributed by atoms with Crippen LogP contribution in [0.2, 0.25) is 5.02 Å². The van der Waals surface area contributed by atoms with Crippen molar-refractivity contribution in [2.45, 2.75) is 63.6 Å². The number of carbonyl (C=O) groups excluding carboxylic acids is 2. The fourth-order valence-corrected chi connectivity index (χ4v) is 4.24. The molecule has 0 aliphatic rings. The SMILES string of the molecule is CC[C@@H](C(=O)NC(C)(C)C)N(Cc1cccc(OC)c1)C(=O)CCSc1ccc(Cl)cc1. The fraction of sp³-hybridized carbons (Fsp3) is 0.440. The molecule has 32 heavy (non-hydrogen) atoms. The molecule has 0 fully saturated rings. The van der Waals surface area contributed by atoms with E-state index in [2.05, 4.69) is 5.32 Å². The van der Waals surface area contributed by atoms with E-state index < -0.39 is 6.04 Å². The first kappa shape index (κ1) is 26.1. The van der Waals surface area contributed by atoms with Gasteiger partial charge in [-0.1, -0.05) is 30.7 Å². The first-order chi connectivity index (χ1) is 15.1. The van der Waals surface area contributed by atoms with Gasteiger partial charge in [-0.05, 0) is 69.2 Å². The standard InChI is InChI=1S/C25H33ClN2O3S/c1-6-22(24(30)27-25(2,3)4)28(17-18-8-7-9-20(16-18)31-5)23(29)14-15-32-21-12-10-19(26)11-13-21/h7-13,16,22H,6,14-15,17H2,1-5H3,(H,27,30)/t22-/m0/s1. The zero-order valence-corrected chi connectivity index (χ0v) is 21.1. The van der Waals surface area contributed by atoms with Crippen molar-refractivity contribution in [2.75, 3.05) is 12.9 Å². The summed E-state index contributed by atoms with van der Waals surface area (Å²) in [4.78, 5) is 29.1. The number of hydrogen-bond acceptors (Lipinski definition) is 4. The van der Waals surface area contributed by atoms with Crippen LogP contribution in [0.4, 0.5) is 0 Å². The van der Waals surface area contributed by atoms with E-state index in [1.165, 1.54) is 0 Å². The van der Waals surface area contributed by atoms with Gasteiger partial charge in [0.2, 0.25) is 11.8 Å². The van der Waals surface area contributed by atoms with Gasteiger partial charge in [0.25, 0.3) is 0 Å². The molecule has 0 radical (unpaired) electrons. The van der Waals surface area contributed by atoms with Crippen LogP contribution in [0.3, 0.4) is 0 Å². The largest absolute Gasteiger partial charge is 0.497 e. The molecule has 0 aromatic heterocycles. The van der Waals surface area contributed by atoms with Crippen LogP contribution in [0.1, 0.15) is 46.1 Å². The molecule has 2 aromatic carbocycles. The normalized spacial score (nSPS) is 12.2. The van der Waals surface area contributed by atoms with Crippen LogP contribution in [0, 0.1) is 0 Å². The van der Waals surface area contributed by atoms with E-state index in [0.29, 0.717) is 30.2 Å². The van der Waals surface area contributed by atoms with Crippen LogP contribution in [0.5, 0.6) is 5.75 Å². The van der Waals surface area contributed by atoms with Crippen molar-refractivity contribution in [3.05, 3.63) is 59.1 Å². The molecule has 174 valence electrons. The molecule has 0 saturated heterocycles. The number of carbonyl (C=O) groups is 2. The molecule has 0 heterocycles. The number of benzene rings is 2. The summed E-state index contributed by atoms with van der Waals surface area (Å²) in [6, 6.07) is 14.6. The molecule has 0 saturated carbocycles. The summed E-state index contributed by atoms with van der Waals surface area (Å²) >= 11 is 7.54. The van der Waals surface area contributed by atoms with Gasteiger partial charge < -0.3 is 15.0 Å². The lowest BCUT2D eigenvalue weighted by atomic mass is 10.1. The Kier molecular flexibility index (Phi) is 9.91. The molecule has 1 N–H and O–H groups in total. The van der Waals surface area contributed by atoms with Crippen LogP contribution in [-0.4, -0.2) is 41.2 Å².